The van der Waals surface area contributed by atoms with E-state index >= 15 is 0 Å². The highest BCUT2D eigenvalue weighted by Gasteiger charge is 2.45. The minimum Gasteiger partial charge on any atom is -0.354 e. The average Bonchev–Trinajstić information content (AvgIpc) is 2.70. The van der Waals surface area contributed by atoms with Gasteiger partial charge in [0, 0.05) is 6.54 Å². The van der Waals surface area contributed by atoms with Crippen molar-refractivity contribution in [2.75, 3.05) is 6.54 Å². The highest BCUT2D eigenvalue weighted by molar-refractivity contribution is 5.85. The lowest BCUT2D eigenvalue weighted by Gasteiger charge is -2.23. The van der Waals surface area contributed by atoms with Gasteiger partial charge in [0.2, 0.25) is 5.91 Å². The average molecular weight is 212 g/mol. The summed E-state index contributed by atoms with van der Waals surface area (Å²) in [6.07, 6.45) is 2.89. The van der Waals surface area contributed by atoms with Crippen LogP contribution in [0.3, 0.4) is 0 Å². The summed E-state index contributed by atoms with van der Waals surface area (Å²) < 4.78 is 0. The number of nitrogens with one attached hydrogen (secondary N) is 1. The van der Waals surface area contributed by atoms with Gasteiger partial charge in [-0.3, -0.25) is 4.79 Å². The molecule has 3 heteroatoms. The zero-order chi connectivity index (χ0) is 11.7. The number of carbonyl (C=O) groups is 1. The van der Waals surface area contributed by atoms with Crippen LogP contribution in [0.2, 0.25) is 0 Å². The van der Waals surface area contributed by atoms with Crippen molar-refractivity contribution < 1.29 is 4.79 Å². The third kappa shape index (κ3) is 3.20. The largest absolute Gasteiger partial charge is 0.354 e. The van der Waals surface area contributed by atoms with E-state index in [1.54, 1.807) is 0 Å². The number of carbonyl (C=O) groups excluding carboxylic acids is 1. The lowest BCUT2D eigenvalue weighted by atomic mass is 9.96. The fourth-order valence-electron chi connectivity index (χ4n) is 1.98. The van der Waals surface area contributed by atoms with Crippen LogP contribution in [0, 0.1) is 11.3 Å². The molecule has 0 spiro atoms. The molecule has 1 fully saturated rings. The van der Waals surface area contributed by atoms with E-state index in [1.807, 2.05) is 13.8 Å². The smallest absolute Gasteiger partial charge is 0.239 e. The Kier molecular flexibility index (Phi) is 3.44. The zero-order valence-electron chi connectivity index (χ0n) is 10.4. The fraction of sp³-hybridized carbons (Fsp3) is 0.917. The van der Waals surface area contributed by atoms with Crippen molar-refractivity contribution >= 4 is 5.91 Å². The summed E-state index contributed by atoms with van der Waals surface area (Å²) in [5.41, 5.74) is 5.65. The third-order valence-corrected chi connectivity index (χ3v) is 3.51. The second-order valence-corrected chi connectivity index (χ2v) is 5.77. The predicted molar refractivity (Wildman–Crippen MR) is 62.4 cm³/mol. The van der Waals surface area contributed by atoms with Crippen LogP contribution in [0.15, 0.2) is 0 Å². The Morgan fingerprint density at radius 1 is 1.60 bits per heavy atom. The van der Waals surface area contributed by atoms with Crippen LogP contribution in [0.4, 0.5) is 0 Å². The first-order chi connectivity index (χ1) is 6.79. The van der Waals surface area contributed by atoms with Gasteiger partial charge in [-0.05, 0) is 31.1 Å². The Labute approximate surface area is 92.8 Å². The molecule has 15 heavy (non-hydrogen) atoms. The van der Waals surface area contributed by atoms with Gasteiger partial charge in [-0.15, -0.1) is 0 Å². The van der Waals surface area contributed by atoms with Gasteiger partial charge in [0.1, 0.15) is 0 Å². The van der Waals surface area contributed by atoms with Crippen molar-refractivity contribution in [1.29, 1.82) is 0 Å². The Morgan fingerprint density at radius 3 is 2.53 bits per heavy atom. The van der Waals surface area contributed by atoms with Gasteiger partial charge in [-0.25, -0.2) is 0 Å². The van der Waals surface area contributed by atoms with Gasteiger partial charge in [0.05, 0.1) is 5.54 Å². The summed E-state index contributed by atoms with van der Waals surface area (Å²) in [5.74, 6) is 0.630. The maximum Gasteiger partial charge on any atom is 0.239 e. The first-order valence-corrected chi connectivity index (χ1v) is 5.87. The summed E-state index contributed by atoms with van der Waals surface area (Å²) in [6.45, 7) is 9.10. The van der Waals surface area contributed by atoms with Gasteiger partial charge < -0.3 is 11.1 Å². The molecule has 0 heterocycles. The first-order valence-electron chi connectivity index (χ1n) is 5.87. The van der Waals surface area contributed by atoms with E-state index in [1.165, 1.54) is 6.42 Å². The molecule has 88 valence electrons. The molecule has 0 radical (unpaired) electrons. The van der Waals surface area contributed by atoms with Crippen molar-refractivity contribution in [3.63, 3.8) is 0 Å². The van der Waals surface area contributed by atoms with E-state index < -0.39 is 5.54 Å². The molecule has 1 aliphatic rings. The topological polar surface area (TPSA) is 55.1 Å². The predicted octanol–water partition coefficient (Wildman–Crippen LogP) is 1.67. The molecule has 1 rings (SSSR count). The summed E-state index contributed by atoms with van der Waals surface area (Å²) >= 11 is 0. The molecule has 0 aliphatic heterocycles. The molecule has 1 amide bonds. The molecule has 3 N–H and O–H groups in total. The molecule has 2 unspecified atom stereocenters. The molecular formula is C12H24N2O. The zero-order valence-corrected chi connectivity index (χ0v) is 10.4. The lowest BCUT2D eigenvalue weighted by Crippen LogP contribution is -2.52. The molecule has 0 saturated heterocycles. The summed E-state index contributed by atoms with van der Waals surface area (Å²) in [4.78, 5) is 11.8. The van der Waals surface area contributed by atoms with E-state index in [0.717, 1.165) is 19.4 Å². The molecule has 0 aromatic rings. The molecule has 2 atom stereocenters. The number of hydrogen-bond acceptors (Lipinski definition) is 2. The second-order valence-electron chi connectivity index (χ2n) is 5.77. The maximum atomic E-state index is 11.8. The Hall–Kier alpha value is -0.570. The highest BCUT2D eigenvalue weighted by Crippen LogP contribution is 2.50. The quantitative estimate of drug-likeness (QED) is 0.728. The van der Waals surface area contributed by atoms with E-state index in [0.29, 0.717) is 11.3 Å². The van der Waals surface area contributed by atoms with Crippen LogP contribution >= 0.6 is 0 Å². The van der Waals surface area contributed by atoms with Gasteiger partial charge in [0.25, 0.3) is 0 Å². The van der Waals surface area contributed by atoms with Crippen molar-refractivity contribution in [1.82, 2.24) is 5.32 Å². The van der Waals surface area contributed by atoms with Gasteiger partial charge >= 0.3 is 0 Å². The molecule has 1 saturated carbocycles. The highest BCUT2D eigenvalue weighted by atomic mass is 16.2. The first kappa shape index (κ1) is 12.5. The molecule has 0 bridgehead atoms. The molecule has 0 aromatic heterocycles. The third-order valence-electron chi connectivity index (χ3n) is 3.51. The Balaban J connectivity index is 2.30. The standard InChI is InChI=1S/C12H24N2O/c1-5-6-12(4,13)10(15)14-8-9-7-11(9,2)3/h9H,5-8,13H2,1-4H3,(H,14,15). The van der Waals surface area contributed by atoms with Gasteiger partial charge in [-0.2, -0.15) is 0 Å². The summed E-state index contributed by atoms with van der Waals surface area (Å²) in [5, 5.41) is 2.96. The molecular weight excluding hydrogens is 188 g/mol. The minimum atomic E-state index is -0.701. The van der Waals surface area contributed by atoms with Gasteiger partial charge in [-0.1, -0.05) is 27.2 Å². The fourth-order valence-corrected chi connectivity index (χ4v) is 1.98. The van der Waals surface area contributed by atoms with E-state index in [9.17, 15) is 4.79 Å². The Morgan fingerprint density at radius 2 is 2.13 bits per heavy atom. The maximum absolute atomic E-state index is 11.8. The van der Waals surface area contributed by atoms with Crippen LogP contribution in [0.1, 0.15) is 47.0 Å². The van der Waals surface area contributed by atoms with E-state index in [-0.39, 0.29) is 5.91 Å². The molecule has 3 nitrogen and oxygen atoms in total. The molecule has 1 aliphatic carbocycles. The summed E-state index contributed by atoms with van der Waals surface area (Å²) in [7, 11) is 0. The van der Waals surface area contributed by atoms with Crippen molar-refractivity contribution in [2.24, 2.45) is 17.1 Å². The Bertz CT molecular complexity index is 246. The second kappa shape index (κ2) is 4.12. The molecule has 0 aromatic carbocycles. The number of amides is 1. The van der Waals surface area contributed by atoms with E-state index in [4.69, 9.17) is 5.73 Å². The van der Waals surface area contributed by atoms with Crippen LogP contribution in [0.5, 0.6) is 0 Å². The monoisotopic (exact) mass is 212 g/mol. The lowest BCUT2D eigenvalue weighted by molar-refractivity contribution is -0.126. The summed E-state index contributed by atoms with van der Waals surface area (Å²) in [6, 6.07) is 0. The van der Waals surface area contributed by atoms with Crippen molar-refractivity contribution in [3.8, 4) is 0 Å². The van der Waals surface area contributed by atoms with Crippen LogP contribution in [0.25, 0.3) is 0 Å². The van der Waals surface area contributed by atoms with E-state index in [2.05, 4.69) is 19.2 Å². The van der Waals surface area contributed by atoms with Crippen molar-refractivity contribution in [2.45, 2.75) is 52.5 Å². The number of rotatable bonds is 5. The number of nitrogens with two attached hydrogens (primary N) is 1. The van der Waals surface area contributed by atoms with Crippen LogP contribution in [-0.4, -0.2) is 18.0 Å². The number of hydrogen-bond donors (Lipinski definition) is 2. The SMILES string of the molecule is CCCC(C)(N)C(=O)NCC1CC1(C)C. The van der Waals surface area contributed by atoms with Gasteiger partial charge in [0.15, 0.2) is 0 Å². The van der Waals surface area contributed by atoms with Crippen molar-refractivity contribution in [3.05, 3.63) is 0 Å². The normalized spacial score (nSPS) is 26.9. The van der Waals surface area contributed by atoms with Crippen LogP contribution in [-0.2, 0) is 4.79 Å². The minimum absolute atomic E-state index is 0.00736. The van der Waals surface area contributed by atoms with Crippen LogP contribution < -0.4 is 11.1 Å².